The Morgan fingerprint density at radius 1 is 1.43 bits per heavy atom. The van der Waals surface area contributed by atoms with Crippen LogP contribution in [0.1, 0.15) is 38.5 Å². The zero-order chi connectivity index (χ0) is 10.0. The molecule has 0 bridgehead atoms. The maximum absolute atomic E-state index is 11.5. The lowest BCUT2D eigenvalue weighted by Gasteiger charge is -2.38. The van der Waals surface area contributed by atoms with E-state index < -0.39 is 0 Å². The average molecular weight is 197 g/mol. The van der Waals surface area contributed by atoms with Crippen LogP contribution >= 0.6 is 0 Å². The standard InChI is InChI=1S/C11H19NO2/c1-14-10(13)9-4-7-12-11(8-9)5-2-3-6-11/h9,12H,2-8H2,1H3. The van der Waals surface area contributed by atoms with E-state index in [1.807, 2.05) is 0 Å². The van der Waals surface area contributed by atoms with Gasteiger partial charge in [0.15, 0.2) is 0 Å². The van der Waals surface area contributed by atoms with E-state index in [1.54, 1.807) is 0 Å². The van der Waals surface area contributed by atoms with Crippen molar-refractivity contribution in [2.24, 2.45) is 5.92 Å². The van der Waals surface area contributed by atoms with E-state index in [9.17, 15) is 4.79 Å². The van der Waals surface area contributed by atoms with E-state index in [0.29, 0.717) is 0 Å². The van der Waals surface area contributed by atoms with Crippen molar-refractivity contribution in [2.75, 3.05) is 13.7 Å². The summed E-state index contributed by atoms with van der Waals surface area (Å²) in [5.74, 6) is 0.122. The summed E-state index contributed by atoms with van der Waals surface area (Å²) in [6.45, 7) is 0.972. The number of carbonyl (C=O) groups is 1. The Kier molecular flexibility index (Phi) is 2.77. The molecule has 1 aliphatic carbocycles. The predicted octanol–water partition coefficient (Wildman–Crippen LogP) is 1.47. The van der Waals surface area contributed by atoms with Crippen molar-refractivity contribution < 1.29 is 9.53 Å². The number of ether oxygens (including phenoxy) is 1. The van der Waals surface area contributed by atoms with Gasteiger partial charge in [-0.25, -0.2) is 0 Å². The van der Waals surface area contributed by atoms with Crippen LogP contribution in [0.15, 0.2) is 0 Å². The highest BCUT2D eigenvalue weighted by Crippen LogP contribution is 2.38. The third kappa shape index (κ3) is 1.78. The van der Waals surface area contributed by atoms with E-state index in [-0.39, 0.29) is 17.4 Å². The lowest BCUT2D eigenvalue weighted by Crippen LogP contribution is -2.50. The zero-order valence-corrected chi connectivity index (χ0v) is 8.84. The molecule has 1 saturated carbocycles. The second kappa shape index (κ2) is 3.89. The van der Waals surface area contributed by atoms with Crippen LogP contribution in [-0.4, -0.2) is 25.2 Å². The fraction of sp³-hybridized carbons (Fsp3) is 0.909. The van der Waals surface area contributed by atoms with Crippen molar-refractivity contribution >= 4 is 5.97 Å². The molecular formula is C11H19NO2. The van der Waals surface area contributed by atoms with Crippen molar-refractivity contribution in [3.8, 4) is 0 Å². The SMILES string of the molecule is COC(=O)C1CCNC2(CCCC2)C1. The molecule has 1 atom stereocenters. The van der Waals surface area contributed by atoms with Crippen LogP contribution in [0.4, 0.5) is 0 Å². The Labute approximate surface area is 85.2 Å². The molecule has 0 aromatic rings. The maximum atomic E-state index is 11.5. The number of methoxy groups -OCH3 is 1. The second-order valence-electron chi connectivity index (χ2n) is 4.63. The molecule has 80 valence electrons. The smallest absolute Gasteiger partial charge is 0.308 e. The van der Waals surface area contributed by atoms with E-state index in [0.717, 1.165) is 19.4 Å². The molecule has 2 fully saturated rings. The summed E-state index contributed by atoms with van der Waals surface area (Å²) in [6, 6.07) is 0. The first kappa shape index (κ1) is 9.97. The van der Waals surface area contributed by atoms with Gasteiger partial charge in [0, 0.05) is 5.54 Å². The second-order valence-corrected chi connectivity index (χ2v) is 4.63. The fourth-order valence-corrected chi connectivity index (χ4v) is 2.96. The molecule has 1 N–H and O–H groups in total. The molecule has 0 aromatic carbocycles. The first-order valence-corrected chi connectivity index (χ1v) is 5.59. The summed E-state index contributed by atoms with van der Waals surface area (Å²) in [4.78, 5) is 11.5. The Morgan fingerprint density at radius 2 is 2.14 bits per heavy atom. The van der Waals surface area contributed by atoms with Gasteiger partial charge in [0.2, 0.25) is 0 Å². The summed E-state index contributed by atoms with van der Waals surface area (Å²) in [5, 5.41) is 3.60. The highest BCUT2D eigenvalue weighted by atomic mass is 16.5. The highest BCUT2D eigenvalue weighted by Gasteiger charge is 2.40. The minimum atomic E-state index is -0.0159. The Hall–Kier alpha value is -0.570. The highest BCUT2D eigenvalue weighted by molar-refractivity contribution is 5.72. The zero-order valence-electron chi connectivity index (χ0n) is 8.84. The van der Waals surface area contributed by atoms with E-state index in [4.69, 9.17) is 4.74 Å². The predicted molar refractivity (Wildman–Crippen MR) is 53.9 cm³/mol. The summed E-state index contributed by atoms with van der Waals surface area (Å²) in [6.07, 6.45) is 7.01. The van der Waals surface area contributed by atoms with Gasteiger partial charge in [-0.2, -0.15) is 0 Å². The molecule has 1 saturated heterocycles. The number of nitrogens with one attached hydrogen (secondary N) is 1. The Balaban J connectivity index is 1.99. The molecule has 0 amide bonds. The molecule has 0 aromatic heterocycles. The largest absolute Gasteiger partial charge is 0.469 e. The van der Waals surface area contributed by atoms with Crippen LogP contribution in [0.2, 0.25) is 0 Å². The molecule has 0 radical (unpaired) electrons. The van der Waals surface area contributed by atoms with Gasteiger partial charge < -0.3 is 10.1 Å². The summed E-state index contributed by atoms with van der Waals surface area (Å²) in [7, 11) is 1.49. The van der Waals surface area contributed by atoms with Gasteiger partial charge in [-0.3, -0.25) is 4.79 Å². The summed E-state index contributed by atoms with van der Waals surface area (Å²) >= 11 is 0. The van der Waals surface area contributed by atoms with Gasteiger partial charge in [0.25, 0.3) is 0 Å². The molecule has 1 heterocycles. The van der Waals surface area contributed by atoms with E-state index in [1.165, 1.54) is 32.8 Å². The fourth-order valence-electron chi connectivity index (χ4n) is 2.96. The van der Waals surface area contributed by atoms with Crippen LogP contribution in [0, 0.1) is 5.92 Å². The van der Waals surface area contributed by atoms with Crippen LogP contribution in [-0.2, 0) is 9.53 Å². The van der Waals surface area contributed by atoms with Crippen molar-refractivity contribution in [3.05, 3.63) is 0 Å². The van der Waals surface area contributed by atoms with Gasteiger partial charge in [0.1, 0.15) is 0 Å². The van der Waals surface area contributed by atoms with Gasteiger partial charge in [-0.15, -0.1) is 0 Å². The van der Waals surface area contributed by atoms with Crippen LogP contribution in [0.5, 0.6) is 0 Å². The maximum Gasteiger partial charge on any atom is 0.308 e. The third-order valence-electron chi connectivity index (χ3n) is 3.73. The first-order chi connectivity index (χ1) is 6.76. The van der Waals surface area contributed by atoms with Crippen molar-refractivity contribution in [3.63, 3.8) is 0 Å². The lowest BCUT2D eigenvalue weighted by molar-refractivity contribution is -0.147. The molecule has 2 rings (SSSR count). The molecule has 1 unspecified atom stereocenters. The molecule has 2 aliphatic rings. The molecule has 1 aliphatic heterocycles. The van der Waals surface area contributed by atoms with Crippen LogP contribution in [0.25, 0.3) is 0 Å². The average Bonchev–Trinajstić information content (AvgIpc) is 2.65. The van der Waals surface area contributed by atoms with Crippen molar-refractivity contribution in [1.82, 2.24) is 5.32 Å². The quantitative estimate of drug-likeness (QED) is 0.647. The minimum absolute atomic E-state index is 0.0159. The van der Waals surface area contributed by atoms with Crippen LogP contribution < -0.4 is 5.32 Å². The molecular weight excluding hydrogens is 178 g/mol. The summed E-state index contributed by atoms with van der Waals surface area (Å²) < 4.78 is 4.83. The monoisotopic (exact) mass is 197 g/mol. The van der Waals surface area contributed by atoms with Gasteiger partial charge in [-0.05, 0) is 32.2 Å². The topological polar surface area (TPSA) is 38.3 Å². The molecule has 3 heteroatoms. The molecule has 3 nitrogen and oxygen atoms in total. The number of esters is 1. The number of piperidine rings is 1. The number of hydrogen-bond acceptors (Lipinski definition) is 3. The number of hydrogen-bond donors (Lipinski definition) is 1. The van der Waals surface area contributed by atoms with Gasteiger partial charge in [0.05, 0.1) is 13.0 Å². The lowest BCUT2D eigenvalue weighted by atomic mass is 9.81. The third-order valence-corrected chi connectivity index (χ3v) is 3.73. The molecule has 14 heavy (non-hydrogen) atoms. The number of rotatable bonds is 1. The first-order valence-electron chi connectivity index (χ1n) is 5.59. The normalized spacial score (nSPS) is 30.5. The number of carbonyl (C=O) groups excluding carboxylic acids is 1. The minimum Gasteiger partial charge on any atom is -0.469 e. The molecule has 1 spiro atoms. The van der Waals surface area contributed by atoms with E-state index >= 15 is 0 Å². The Morgan fingerprint density at radius 3 is 2.79 bits per heavy atom. The summed E-state index contributed by atoms with van der Waals surface area (Å²) in [5.41, 5.74) is 0.275. The van der Waals surface area contributed by atoms with E-state index in [2.05, 4.69) is 5.32 Å². The van der Waals surface area contributed by atoms with Crippen molar-refractivity contribution in [1.29, 1.82) is 0 Å². The van der Waals surface area contributed by atoms with Crippen molar-refractivity contribution in [2.45, 2.75) is 44.1 Å². The van der Waals surface area contributed by atoms with Gasteiger partial charge in [-0.1, -0.05) is 12.8 Å². The van der Waals surface area contributed by atoms with Gasteiger partial charge >= 0.3 is 5.97 Å². The van der Waals surface area contributed by atoms with Crippen LogP contribution in [0.3, 0.4) is 0 Å². The Bertz CT molecular complexity index is 221.